The molecule has 3 heteroatoms. The van der Waals surface area contributed by atoms with Crippen molar-refractivity contribution in [2.45, 2.75) is 25.8 Å². The lowest BCUT2D eigenvalue weighted by Gasteiger charge is -2.31. The summed E-state index contributed by atoms with van der Waals surface area (Å²) in [7, 11) is 0. The van der Waals surface area contributed by atoms with Crippen LogP contribution in [0.2, 0.25) is 0 Å². The Morgan fingerprint density at radius 3 is 2.93 bits per heavy atom. The SMILES string of the molecule is Cc1ccc2c(c1)NC(=O)CN2C1CC1. The molecule has 1 saturated carbocycles. The zero-order valence-corrected chi connectivity index (χ0v) is 8.79. The fourth-order valence-corrected chi connectivity index (χ4v) is 2.14. The van der Waals surface area contributed by atoms with E-state index in [2.05, 4.69) is 22.3 Å². The van der Waals surface area contributed by atoms with E-state index in [1.807, 2.05) is 13.0 Å². The first kappa shape index (κ1) is 8.77. The lowest BCUT2D eigenvalue weighted by Crippen LogP contribution is -2.39. The van der Waals surface area contributed by atoms with Crippen molar-refractivity contribution in [3.8, 4) is 0 Å². The van der Waals surface area contributed by atoms with Crippen LogP contribution in [0.25, 0.3) is 0 Å². The Kier molecular flexibility index (Phi) is 1.75. The lowest BCUT2D eigenvalue weighted by atomic mass is 10.1. The van der Waals surface area contributed by atoms with Gasteiger partial charge in [-0.3, -0.25) is 4.79 Å². The summed E-state index contributed by atoms with van der Waals surface area (Å²) >= 11 is 0. The van der Waals surface area contributed by atoms with Crippen LogP contribution in [0.15, 0.2) is 18.2 Å². The fourth-order valence-electron chi connectivity index (χ4n) is 2.14. The molecule has 1 aromatic carbocycles. The molecule has 0 atom stereocenters. The number of rotatable bonds is 1. The third-order valence-electron chi connectivity index (χ3n) is 3.04. The number of hydrogen-bond donors (Lipinski definition) is 1. The highest BCUT2D eigenvalue weighted by atomic mass is 16.2. The number of nitrogens with one attached hydrogen (secondary N) is 1. The van der Waals surface area contributed by atoms with Gasteiger partial charge in [0.25, 0.3) is 0 Å². The van der Waals surface area contributed by atoms with Crippen molar-refractivity contribution >= 4 is 17.3 Å². The first-order chi connectivity index (χ1) is 7.24. The predicted molar refractivity (Wildman–Crippen MR) is 60.2 cm³/mol. The van der Waals surface area contributed by atoms with Crippen molar-refractivity contribution in [2.75, 3.05) is 16.8 Å². The number of amides is 1. The normalized spacial score (nSPS) is 19.8. The first-order valence-corrected chi connectivity index (χ1v) is 5.41. The number of nitrogens with zero attached hydrogens (tertiary/aromatic N) is 1. The predicted octanol–water partition coefficient (Wildman–Crippen LogP) is 1.92. The maximum Gasteiger partial charge on any atom is 0.243 e. The highest BCUT2D eigenvalue weighted by Gasteiger charge is 2.34. The second kappa shape index (κ2) is 2.99. The van der Waals surface area contributed by atoms with E-state index >= 15 is 0 Å². The molecule has 1 aromatic rings. The fraction of sp³-hybridized carbons (Fsp3) is 0.417. The van der Waals surface area contributed by atoms with E-state index in [9.17, 15) is 4.79 Å². The van der Waals surface area contributed by atoms with Crippen molar-refractivity contribution in [3.05, 3.63) is 23.8 Å². The molecule has 3 rings (SSSR count). The Hall–Kier alpha value is -1.51. The minimum Gasteiger partial charge on any atom is -0.358 e. The van der Waals surface area contributed by atoms with Crippen LogP contribution < -0.4 is 10.2 Å². The van der Waals surface area contributed by atoms with Gasteiger partial charge in [-0.05, 0) is 37.5 Å². The van der Waals surface area contributed by atoms with Gasteiger partial charge in [0.2, 0.25) is 5.91 Å². The van der Waals surface area contributed by atoms with Crippen molar-refractivity contribution in [1.29, 1.82) is 0 Å². The first-order valence-electron chi connectivity index (χ1n) is 5.41. The van der Waals surface area contributed by atoms with Gasteiger partial charge >= 0.3 is 0 Å². The monoisotopic (exact) mass is 202 g/mol. The summed E-state index contributed by atoms with van der Waals surface area (Å²) in [6.45, 7) is 2.56. The molecule has 0 saturated heterocycles. The maximum atomic E-state index is 11.5. The zero-order chi connectivity index (χ0) is 10.4. The van der Waals surface area contributed by atoms with E-state index in [1.54, 1.807) is 0 Å². The molecular weight excluding hydrogens is 188 g/mol. The Balaban J connectivity index is 2.05. The van der Waals surface area contributed by atoms with Crippen LogP contribution in [0.5, 0.6) is 0 Å². The van der Waals surface area contributed by atoms with Gasteiger partial charge in [0.1, 0.15) is 0 Å². The van der Waals surface area contributed by atoms with Gasteiger partial charge in [0.05, 0.1) is 17.9 Å². The van der Waals surface area contributed by atoms with Crippen LogP contribution in [0.1, 0.15) is 18.4 Å². The summed E-state index contributed by atoms with van der Waals surface area (Å²) in [5, 5.41) is 2.93. The summed E-state index contributed by atoms with van der Waals surface area (Å²) in [6, 6.07) is 6.85. The van der Waals surface area contributed by atoms with E-state index in [4.69, 9.17) is 0 Å². The molecule has 0 radical (unpaired) electrons. The van der Waals surface area contributed by atoms with Gasteiger partial charge in [-0.15, -0.1) is 0 Å². The Bertz CT molecular complexity index is 424. The second-order valence-corrected chi connectivity index (χ2v) is 4.43. The van der Waals surface area contributed by atoms with Gasteiger partial charge in [0.15, 0.2) is 0 Å². The van der Waals surface area contributed by atoms with Crippen LogP contribution in [0, 0.1) is 6.92 Å². The lowest BCUT2D eigenvalue weighted by molar-refractivity contribution is -0.115. The third kappa shape index (κ3) is 1.48. The molecule has 2 aliphatic rings. The molecule has 0 spiro atoms. The van der Waals surface area contributed by atoms with Crippen molar-refractivity contribution in [3.63, 3.8) is 0 Å². The van der Waals surface area contributed by atoms with Gasteiger partial charge in [0, 0.05) is 6.04 Å². The molecular formula is C12H14N2O. The average Bonchev–Trinajstić information content (AvgIpc) is 2.98. The molecule has 1 fully saturated rings. The smallest absolute Gasteiger partial charge is 0.243 e. The molecule has 0 unspecified atom stereocenters. The van der Waals surface area contributed by atoms with E-state index in [-0.39, 0.29) is 5.91 Å². The van der Waals surface area contributed by atoms with Gasteiger partial charge < -0.3 is 10.2 Å². The van der Waals surface area contributed by atoms with E-state index < -0.39 is 0 Å². The minimum absolute atomic E-state index is 0.111. The molecule has 1 heterocycles. The maximum absolute atomic E-state index is 11.5. The largest absolute Gasteiger partial charge is 0.358 e. The summed E-state index contributed by atoms with van der Waals surface area (Å²) in [4.78, 5) is 13.8. The summed E-state index contributed by atoms with van der Waals surface area (Å²) < 4.78 is 0. The van der Waals surface area contributed by atoms with E-state index in [0.29, 0.717) is 12.6 Å². The van der Waals surface area contributed by atoms with Gasteiger partial charge in [-0.25, -0.2) is 0 Å². The van der Waals surface area contributed by atoms with Gasteiger partial charge in [-0.2, -0.15) is 0 Å². The number of carbonyl (C=O) groups excluding carboxylic acids is 1. The molecule has 3 nitrogen and oxygen atoms in total. The number of aryl methyl sites for hydroxylation is 1. The summed E-state index contributed by atoms with van der Waals surface area (Å²) in [6.07, 6.45) is 2.45. The molecule has 1 N–H and O–H groups in total. The standard InChI is InChI=1S/C12H14N2O/c1-8-2-5-11-10(6-8)13-12(15)7-14(11)9-3-4-9/h2,5-6,9H,3-4,7H2,1H3,(H,13,15). The Labute approximate surface area is 89.1 Å². The van der Waals surface area contributed by atoms with Crippen LogP contribution in [0.3, 0.4) is 0 Å². The molecule has 0 aromatic heterocycles. The number of hydrogen-bond acceptors (Lipinski definition) is 2. The molecule has 1 amide bonds. The highest BCUT2D eigenvalue weighted by molar-refractivity contribution is 6.01. The Morgan fingerprint density at radius 2 is 2.20 bits per heavy atom. The van der Waals surface area contributed by atoms with Gasteiger partial charge in [-0.1, -0.05) is 6.07 Å². The number of anilines is 2. The molecule has 1 aliphatic carbocycles. The van der Waals surface area contributed by atoms with Crippen LogP contribution in [-0.2, 0) is 4.79 Å². The van der Waals surface area contributed by atoms with E-state index in [0.717, 1.165) is 5.69 Å². The third-order valence-corrected chi connectivity index (χ3v) is 3.04. The average molecular weight is 202 g/mol. The molecule has 1 aliphatic heterocycles. The number of carbonyl (C=O) groups is 1. The molecule has 0 bridgehead atoms. The topological polar surface area (TPSA) is 32.3 Å². The minimum atomic E-state index is 0.111. The summed E-state index contributed by atoms with van der Waals surface area (Å²) in [5.41, 5.74) is 3.34. The number of fused-ring (bicyclic) bond motifs is 1. The molecule has 78 valence electrons. The second-order valence-electron chi connectivity index (χ2n) is 4.43. The van der Waals surface area contributed by atoms with Crippen molar-refractivity contribution in [2.24, 2.45) is 0 Å². The van der Waals surface area contributed by atoms with Crippen LogP contribution in [0.4, 0.5) is 11.4 Å². The molecule has 15 heavy (non-hydrogen) atoms. The van der Waals surface area contributed by atoms with Crippen LogP contribution in [-0.4, -0.2) is 18.5 Å². The quantitative estimate of drug-likeness (QED) is 0.754. The highest BCUT2D eigenvalue weighted by Crippen LogP contribution is 2.38. The van der Waals surface area contributed by atoms with E-state index in [1.165, 1.54) is 24.1 Å². The van der Waals surface area contributed by atoms with Crippen LogP contribution >= 0.6 is 0 Å². The Morgan fingerprint density at radius 1 is 1.40 bits per heavy atom. The van der Waals surface area contributed by atoms with Crippen molar-refractivity contribution < 1.29 is 4.79 Å². The van der Waals surface area contributed by atoms with Crippen molar-refractivity contribution in [1.82, 2.24) is 0 Å². The zero-order valence-electron chi connectivity index (χ0n) is 8.79. The summed E-state index contributed by atoms with van der Waals surface area (Å²) in [5.74, 6) is 0.111. The number of benzene rings is 1.